The van der Waals surface area contributed by atoms with Crippen molar-refractivity contribution in [3.05, 3.63) is 52.8 Å². The zero-order valence-corrected chi connectivity index (χ0v) is 10.4. The summed E-state index contributed by atoms with van der Waals surface area (Å²) in [6.45, 7) is 0.324. The molecule has 0 aliphatic carbocycles. The highest BCUT2D eigenvalue weighted by molar-refractivity contribution is 7.71. The molecule has 0 spiro atoms. The second-order valence-corrected chi connectivity index (χ2v) is 4.39. The second-order valence-electron chi connectivity index (χ2n) is 4.00. The minimum atomic E-state index is -0.664. The standard InChI is InChI=1S/C12H8F2N4S/c13-7-3-9(14)11-10(4-7)18(12(19)17-11)5-8-1-2-15-6-16-8/h1-4,6H,5H2,(H,17,19). The fourth-order valence-electron chi connectivity index (χ4n) is 1.91. The number of hydrogen-bond acceptors (Lipinski definition) is 3. The van der Waals surface area contributed by atoms with Gasteiger partial charge in [-0.3, -0.25) is 0 Å². The van der Waals surface area contributed by atoms with E-state index < -0.39 is 11.6 Å². The van der Waals surface area contributed by atoms with Crippen LogP contribution in [0.2, 0.25) is 0 Å². The molecule has 4 nitrogen and oxygen atoms in total. The summed E-state index contributed by atoms with van der Waals surface area (Å²) in [5.74, 6) is -1.31. The molecule has 1 aromatic carbocycles. The molecule has 7 heteroatoms. The maximum atomic E-state index is 13.6. The van der Waals surface area contributed by atoms with E-state index in [0.29, 0.717) is 22.5 Å². The van der Waals surface area contributed by atoms with Gasteiger partial charge in [-0.05, 0) is 24.4 Å². The maximum absolute atomic E-state index is 13.6. The first-order chi connectivity index (χ1) is 9.15. The van der Waals surface area contributed by atoms with E-state index in [2.05, 4.69) is 15.0 Å². The Hall–Kier alpha value is -2.15. The van der Waals surface area contributed by atoms with Crippen LogP contribution in [0.5, 0.6) is 0 Å². The molecule has 0 amide bonds. The summed E-state index contributed by atoms with van der Waals surface area (Å²) in [7, 11) is 0. The van der Waals surface area contributed by atoms with Crippen molar-refractivity contribution in [2.24, 2.45) is 0 Å². The molecule has 1 N–H and O–H groups in total. The molecule has 2 heterocycles. The monoisotopic (exact) mass is 278 g/mol. The van der Waals surface area contributed by atoms with Gasteiger partial charge in [0.15, 0.2) is 10.6 Å². The van der Waals surface area contributed by atoms with Crippen molar-refractivity contribution in [1.82, 2.24) is 19.5 Å². The predicted octanol–water partition coefficient (Wildman–Crippen LogP) is 2.82. The van der Waals surface area contributed by atoms with E-state index in [1.165, 1.54) is 12.4 Å². The number of aromatic amines is 1. The van der Waals surface area contributed by atoms with Crippen molar-refractivity contribution in [2.45, 2.75) is 6.54 Å². The Morgan fingerprint density at radius 3 is 2.89 bits per heavy atom. The number of benzene rings is 1. The van der Waals surface area contributed by atoms with Gasteiger partial charge in [-0.25, -0.2) is 18.7 Å². The number of H-pyrrole nitrogens is 1. The number of imidazole rings is 1. The van der Waals surface area contributed by atoms with Gasteiger partial charge in [0.05, 0.1) is 17.8 Å². The van der Waals surface area contributed by atoms with E-state index in [-0.39, 0.29) is 5.52 Å². The van der Waals surface area contributed by atoms with Crippen LogP contribution in [0.1, 0.15) is 5.69 Å². The van der Waals surface area contributed by atoms with Crippen LogP contribution >= 0.6 is 12.2 Å². The van der Waals surface area contributed by atoms with Gasteiger partial charge in [-0.2, -0.15) is 0 Å². The number of aromatic nitrogens is 4. The van der Waals surface area contributed by atoms with E-state index in [4.69, 9.17) is 12.2 Å². The topological polar surface area (TPSA) is 46.5 Å². The van der Waals surface area contributed by atoms with E-state index in [0.717, 1.165) is 6.07 Å². The van der Waals surface area contributed by atoms with Gasteiger partial charge in [0.1, 0.15) is 17.7 Å². The van der Waals surface area contributed by atoms with Crippen molar-refractivity contribution in [2.75, 3.05) is 0 Å². The Bertz CT molecular complexity index is 795. The Morgan fingerprint density at radius 2 is 2.16 bits per heavy atom. The van der Waals surface area contributed by atoms with Crippen molar-refractivity contribution in [1.29, 1.82) is 0 Å². The summed E-state index contributed by atoms with van der Waals surface area (Å²) >= 11 is 5.13. The van der Waals surface area contributed by atoms with Crippen LogP contribution in [0.4, 0.5) is 8.78 Å². The highest BCUT2D eigenvalue weighted by atomic mass is 32.1. The minimum Gasteiger partial charge on any atom is -0.328 e. The van der Waals surface area contributed by atoms with E-state index in [1.807, 2.05) is 0 Å². The maximum Gasteiger partial charge on any atom is 0.178 e. The molecule has 0 saturated heterocycles. The van der Waals surface area contributed by atoms with E-state index in [1.54, 1.807) is 16.8 Å². The molecule has 2 aromatic heterocycles. The first-order valence-corrected chi connectivity index (χ1v) is 5.88. The zero-order valence-electron chi connectivity index (χ0n) is 9.60. The molecule has 3 rings (SSSR count). The minimum absolute atomic E-state index is 0.195. The highest BCUT2D eigenvalue weighted by Gasteiger charge is 2.11. The first kappa shape index (κ1) is 11.9. The lowest BCUT2D eigenvalue weighted by molar-refractivity contribution is 0.590. The summed E-state index contributed by atoms with van der Waals surface area (Å²) < 4.78 is 28.8. The molecular weight excluding hydrogens is 270 g/mol. The third-order valence-corrected chi connectivity index (χ3v) is 3.09. The van der Waals surface area contributed by atoms with Crippen molar-refractivity contribution in [3.8, 4) is 0 Å². The van der Waals surface area contributed by atoms with E-state index >= 15 is 0 Å². The number of halogens is 2. The van der Waals surface area contributed by atoms with Gasteiger partial charge in [0.25, 0.3) is 0 Å². The second kappa shape index (κ2) is 4.51. The van der Waals surface area contributed by atoms with Gasteiger partial charge in [-0.15, -0.1) is 0 Å². The summed E-state index contributed by atoms with van der Waals surface area (Å²) in [6.07, 6.45) is 3.01. The lowest BCUT2D eigenvalue weighted by Gasteiger charge is -2.03. The average molecular weight is 278 g/mol. The Balaban J connectivity index is 2.18. The highest BCUT2D eigenvalue weighted by Crippen LogP contribution is 2.20. The molecule has 0 unspecified atom stereocenters. The van der Waals surface area contributed by atoms with Crippen LogP contribution in [0.15, 0.2) is 30.7 Å². The smallest absolute Gasteiger partial charge is 0.178 e. The molecule has 3 aromatic rings. The molecule has 0 radical (unpaired) electrons. The molecule has 0 fully saturated rings. The molecule has 0 bridgehead atoms. The van der Waals surface area contributed by atoms with Gasteiger partial charge >= 0.3 is 0 Å². The van der Waals surface area contributed by atoms with Gasteiger partial charge in [0.2, 0.25) is 0 Å². The molecular formula is C12H8F2N4S. The van der Waals surface area contributed by atoms with Crippen LogP contribution in [0, 0.1) is 16.4 Å². The predicted molar refractivity (Wildman–Crippen MR) is 68.2 cm³/mol. The van der Waals surface area contributed by atoms with Gasteiger partial charge in [0, 0.05) is 12.3 Å². The lowest BCUT2D eigenvalue weighted by Crippen LogP contribution is -2.02. The van der Waals surface area contributed by atoms with Crippen molar-refractivity contribution in [3.63, 3.8) is 0 Å². The summed E-state index contributed by atoms with van der Waals surface area (Å²) in [6, 6.07) is 3.78. The van der Waals surface area contributed by atoms with Crippen molar-refractivity contribution >= 4 is 23.3 Å². The molecule has 0 aliphatic rings. The summed E-state index contributed by atoms with van der Waals surface area (Å²) in [4.78, 5) is 10.6. The number of rotatable bonds is 2. The van der Waals surface area contributed by atoms with Crippen LogP contribution in [0.3, 0.4) is 0 Å². The number of hydrogen-bond donors (Lipinski definition) is 1. The Morgan fingerprint density at radius 1 is 1.32 bits per heavy atom. The molecule has 0 atom stereocenters. The third-order valence-electron chi connectivity index (χ3n) is 2.77. The van der Waals surface area contributed by atoms with Crippen LogP contribution in [-0.4, -0.2) is 19.5 Å². The third kappa shape index (κ3) is 2.12. The number of nitrogens with zero attached hydrogens (tertiary/aromatic N) is 3. The first-order valence-electron chi connectivity index (χ1n) is 5.47. The lowest BCUT2D eigenvalue weighted by atomic mass is 10.3. The molecule has 0 aliphatic heterocycles. The van der Waals surface area contributed by atoms with Crippen molar-refractivity contribution < 1.29 is 8.78 Å². The number of nitrogens with one attached hydrogen (secondary N) is 1. The van der Waals surface area contributed by atoms with Gasteiger partial charge < -0.3 is 9.55 Å². The Labute approximate surface area is 111 Å². The Kier molecular flexibility index (Phi) is 2.83. The van der Waals surface area contributed by atoms with Crippen LogP contribution in [-0.2, 0) is 6.54 Å². The molecule has 19 heavy (non-hydrogen) atoms. The largest absolute Gasteiger partial charge is 0.328 e. The summed E-state index contributed by atoms with van der Waals surface area (Å²) in [5.41, 5.74) is 1.28. The quantitative estimate of drug-likeness (QED) is 0.733. The van der Waals surface area contributed by atoms with Crippen LogP contribution < -0.4 is 0 Å². The fourth-order valence-corrected chi connectivity index (χ4v) is 2.18. The van der Waals surface area contributed by atoms with E-state index in [9.17, 15) is 8.78 Å². The molecule has 0 saturated carbocycles. The molecule has 96 valence electrons. The van der Waals surface area contributed by atoms with Gasteiger partial charge in [-0.1, -0.05) is 0 Å². The zero-order chi connectivity index (χ0) is 13.4. The normalized spacial score (nSPS) is 11.1. The SMILES string of the molecule is Fc1cc(F)c2[nH]c(=S)n(Cc3ccncn3)c2c1. The van der Waals surface area contributed by atoms with Crippen LogP contribution in [0.25, 0.3) is 11.0 Å². The fraction of sp³-hybridized carbons (Fsp3) is 0.0833. The average Bonchev–Trinajstić information content (AvgIpc) is 2.69. The number of fused-ring (bicyclic) bond motifs is 1. The summed E-state index contributed by atoms with van der Waals surface area (Å²) in [5, 5.41) is 0.